The van der Waals surface area contributed by atoms with Crippen LogP contribution in [0, 0.1) is 23.7 Å². The van der Waals surface area contributed by atoms with E-state index in [4.69, 9.17) is 0 Å². The maximum Gasteiger partial charge on any atom is 0.146 e. The average molecular weight is 210 g/mol. The molecule has 1 saturated carbocycles. The summed E-state index contributed by atoms with van der Waals surface area (Å²) in [7, 11) is 0. The fourth-order valence-electron chi connectivity index (χ4n) is 1.90. The van der Waals surface area contributed by atoms with Crippen molar-refractivity contribution < 1.29 is 9.59 Å². The molecule has 0 bridgehead atoms. The summed E-state index contributed by atoms with van der Waals surface area (Å²) in [5, 5.41) is 0. The van der Waals surface area contributed by atoms with Gasteiger partial charge in [-0.1, -0.05) is 27.7 Å². The normalized spacial score (nSPS) is 18.3. The molecule has 1 atom stereocenters. The van der Waals surface area contributed by atoms with Gasteiger partial charge in [0.2, 0.25) is 0 Å². The van der Waals surface area contributed by atoms with Gasteiger partial charge in [-0.3, -0.25) is 9.59 Å². The molecule has 0 saturated heterocycles. The Morgan fingerprint density at radius 3 is 2.00 bits per heavy atom. The van der Waals surface area contributed by atoms with Gasteiger partial charge in [-0.05, 0) is 25.2 Å². The van der Waals surface area contributed by atoms with Gasteiger partial charge in [-0.15, -0.1) is 0 Å². The molecule has 0 amide bonds. The van der Waals surface area contributed by atoms with Crippen molar-refractivity contribution in [1.82, 2.24) is 0 Å². The average Bonchev–Trinajstić information content (AvgIpc) is 2.94. The molecule has 86 valence electrons. The molecule has 1 unspecified atom stereocenters. The molecule has 0 aromatic heterocycles. The molecule has 1 aliphatic rings. The minimum Gasteiger partial charge on any atom is -0.299 e. The van der Waals surface area contributed by atoms with E-state index in [0.717, 1.165) is 19.3 Å². The minimum absolute atomic E-state index is 0.0172. The van der Waals surface area contributed by atoms with Crippen LogP contribution in [0.2, 0.25) is 0 Å². The highest BCUT2D eigenvalue weighted by Gasteiger charge is 2.38. The van der Waals surface area contributed by atoms with Gasteiger partial charge in [0, 0.05) is 11.8 Å². The summed E-state index contributed by atoms with van der Waals surface area (Å²) in [6.45, 7) is 7.91. The molecule has 0 radical (unpaired) electrons. The van der Waals surface area contributed by atoms with Crippen LogP contribution in [0.4, 0.5) is 0 Å². The minimum atomic E-state index is -0.322. The third-order valence-corrected chi connectivity index (χ3v) is 2.94. The molecule has 15 heavy (non-hydrogen) atoms. The van der Waals surface area contributed by atoms with E-state index in [1.807, 2.05) is 13.8 Å². The first kappa shape index (κ1) is 12.4. The van der Waals surface area contributed by atoms with Crippen molar-refractivity contribution in [2.75, 3.05) is 0 Å². The van der Waals surface area contributed by atoms with Crippen LogP contribution in [0.15, 0.2) is 0 Å². The van der Waals surface area contributed by atoms with E-state index in [0.29, 0.717) is 5.92 Å². The topological polar surface area (TPSA) is 34.1 Å². The molecule has 0 heterocycles. The SMILES string of the molecule is CC(C)CC(C(=O)C(C)C)C(=O)C1CC1. The second-order valence-electron chi connectivity index (χ2n) is 5.42. The molecule has 0 N–H and O–H groups in total. The summed E-state index contributed by atoms with van der Waals surface area (Å²) in [6.07, 6.45) is 2.73. The first-order valence-corrected chi connectivity index (χ1v) is 6.01. The quantitative estimate of drug-likeness (QED) is 0.632. The Morgan fingerprint density at radius 1 is 1.13 bits per heavy atom. The summed E-state index contributed by atoms with van der Waals surface area (Å²) in [5.41, 5.74) is 0. The van der Waals surface area contributed by atoms with Crippen molar-refractivity contribution in [2.24, 2.45) is 23.7 Å². The number of carbonyl (C=O) groups is 2. The van der Waals surface area contributed by atoms with E-state index in [1.165, 1.54) is 0 Å². The van der Waals surface area contributed by atoms with Crippen molar-refractivity contribution >= 4 is 11.6 Å². The Balaban J connectivity index is 2.67. The molecule has 1 aliphatic carbocycles. The molecule has 1 rings (SSSR count). The number of rotatable bonds is 6. The van der Waals surface area contributed by atoms with E-state index in [-0.39, 0.29) is 29.3 Å². The van der Waals surface area contributed by atoms with Gasteiger partial charge in [0.05, 0.1) is 5.92 Å². The Kier molecular flexibility index (Phi) is 4.06. The number of hydrogen-bond donors (Lipinski definition) is 0. The first-order valence-electron chi connectivity index (χ1n) is 6.01. The highest BCUT2D eigenvalue weighted by Crippen LogP contribution is 2.35. The Labute approximate surface area is 92.4 Å². The summed E-state index contributed by atoms with van der Waals surface area (Å²) < 4.78 is 0. The number of ketones is 2. The van der Waals surface area contributed by atoms with Crippen molar-refractivity contribution in [3.8, 4) is 0 Å². The highest BCUT2D eigenvalue weighted by molar-refractivity contribution is 6.04. The van der Waals surface area contributed by atoms with Crippen molar-refractivity contribution in [3.05, 3.63) is 0 Å². The Hall–Kier alpha value is -0.660. The van der Waals surface area contributed by atoms with Crippen LogP contribution in [-0.4, -0.2) is 11.6 Å². The van der Waals surface area contributed by atoms with Gasteiger partial charge in [0.15, 0.2) is 0 Å². The van der Waals surface area contributed by atoms with Crippen LogP contribution >= 0.6 is 0 Å². The second-order valence-corrected chi connectivity index (χ2v) is 5.42. The second kappa shape index (κ2) is 4.91. The number of carbonyl (C=O) groups excluding carboxylic acids is 2. The van der Waals surface area contributed by atoms with Crippen molar-refractivity contribution in [1.29, 1.82) is 0 Å². The van der Waals surface area contributed by atoms with Crippen LogP contribution in [0.25, 0.3) is 0 Å². The predicted molar refractivity (Wildman–Crippen MR) is 60.5 cm³/mol. The Bertz CT molecular complexity index is 235. The van der Waals surface area contributed by atoms with Gasteiger partial charge >= 0.3 is 0 Å². The zero-order chi connectivity index (χ0) is 11.6. The first-order chi connectivity index (χ1) is 6.93. The van der Waals surface area contributed by atoms with Crippen LogP contribution < -0.4 is 0 Å². The standard InChI is InChI=1S/C13H22O2/c1-8(2)7-11(12(14)9(3)4)13(15)10-5-6-10/h8-11H,5-7H2,1-4H3. The molecule has 0 aromatic carbocycles. The summed E-state index contributed by atoms with van der Waals surface area (Å²) in [6, 6.07) is 0. The smallest absolute Gasteiger partial charge is 0.146 e. The molecule has 0 aliphatic heterocycles. The molecular weight excluding hydrogens is 188 g/mol. The number of Topliss-reactive ketones (excluding diaryl/α,β-unsaturated/α-hetero) is 2. The van der Waals surface area contributed by atoms with Gasteiger partial charge < -0.3 is 0 Å². The van der Waals surface area contributed by atoms with Crippen molar-refractivity contribution in [3.63, 3.8) is 0 Å². The molecular formula is C13H22O2. The van der Waals surface area contributed by atoms with Gasteiger partial charge in [0.25, 0.3) is 0 Å². The summed E-state index contributed by atoms with van der Waals surface area (Å²) in [5.74, 6) is 0.633. The maximum absolute atomic E-state index is 12.0. The molecule has 2 heteroatoms. The lowest BCUT2D eigenvalue weighted by atomic mass is 9.83. The fraction of sp³-hybridized carbons (Fsp3) is 0.846. The zero-order valence-corrected chi connectivity index (χ0v) is 10.2. The zero-order valence-electron chi connectivity index (χ0n) is 10.2. The van der Waals surface area contributed by atoms with Crippen LogP contribution in [0.5, 0.6) is 0 Å². The third-order valence-electron chi connectivity index (χ3n) is 2.94. The summed E-state index contributed by atoms with van der Waals surface area (Å²) in [4.78, 5) is 23.9. The monoisotopic (exact) mass is 210 g/mol. The summed E-state index contributed by atoms with van der Waals surface area (Å²) >= 11 is 0. The fourth-order valence-corrected chi connectivity index (χ4v) is 1.90. The predicted octanol–water partition coefficient (Wildman–Crippen LogP) is 2.85. The Morgan fingerprint density at radius 2 is 1.67 bits per heavy atom. The van der Waals surface area contributed by atoms with Gasteiger partial charge in [-0.2, -0.15) is 0 Å². The molecule has 0 aromatic rings. The van der Waals surface area contributed by atoms with Gasteiger partial charge in [0.1, 0.15) is 11.6 Å². The van der Waals surface area contributed by atoms with Gasteiger partial charge in [-0.25, -0.2) is 0 Å². The lowest BCUT2D eigenvalue weighted by Crippen LogP contribution is -2.30. The van der Waals surface area contributed by atoms with E-state index < -0.39 is 0 Å². The molecule has 2 nitrogen and oxygen atoms in total. The maximum atomic E-state index is 12.0. The lowest BCUT2D eigenvalue weighted by Gasteiger charge is -2.18. The molecule has 0 spiro atoms. The highest BCUT2D eigenvalue weighted by atomic mass is 16.2. The van der Waals surface area contributed by atoms with E-state index in [1.54, 1.807) is 0 Å². The van der Waals surface area contributed by atoms with Crippen molar-refractivity contribution in [2.45, 2.75) is 47.0 Å². The van der Waals surface area contributed by atoms with Crippen LogP contribution in [-0.2, 0) is 9.59 Å². The largest absolute Gasteiger partial charge is 0.299 e. The van der Waals surface area contributed by atoms with E-state index >= 15 is 0 Å². The lowest BCUT2D eigenvalue weighted by molar-refractivity contribution is -0.136. The number of hydrogen-bond acceptors (Lipinski definition) is 2. The third kappa shape index (κ3) is 3.44. The van der Waals surface area contributed by atoms with Crippen LogP contribution in [0.1, 0.15) is 47.0 Å². The molecule has 1 fully saturated rings. The van der Waals surface area contributed by atoms with Crippen LogP contribution in [0.3, 0.4) is 0 Å². The van der Waals surface area contributed by atoms with E-state index in [2.05, 4.69) is 13.8 Å². The van der Waals surface area contributed by atoms with E-state index in [9.17, 15) is 9.59 Å².